The highest BCUT2D eigenvalue weighted by atomic mass is 31.2. The second-order valence-corrected chi connectivity index (χ2v) is 27.1. The molecule has 498 valence electrons. The van der Waals surface area contributed by atoms with Crippen LogP contribution in [0.4, 0.5) is 0 Å². The normalized spacial score (nSPS) is 14.6. The molecule has 0 saturated heterocycles. The second kappa shape index (κ2) is 57.5. The van der Waals surface area contributed by atoms with Crippen LogP contribution in [0.5, 0.6) is 0 Å². The first-order valence-electron chi connectivity index (χ1n) is 34.0. The molecule has 17 nitrogen and oxygen atoms in total. The quantitative estimate of drug-likeness (QED) is 0.0222. The van der Waals surface area contributed by atoms with Crippen molar-refractivity contribution >= 4 is 39.5 Å². The summed E-state index contributed by atoms with van der Waals surface area (Å²) in [4.78, 5) is 72.2. The molecule has 3 N–H and O–H groups in total. The predicted octanol–water partition coefficient (Wildman–Crippen LogP) is 18.0. The number of esters is 4. The molecule has 0 amide bonds. The fourth-order valence-corrected chi connectivity index (χ4v) is 11.3. The van der Waals surface area contributed by atoms with Gasteiger partial charge in [-0.1, -0.05) is 273 Å². The summed E-state index contributed by atoms with van der Waals surface area (Å²) in [7, 11) is -9.89. The van der Waals surface area contributed by atoms with Gasteiger partial charge in [-0.25, -0.2) is 9.13 Å². The Morgan fingerprint density at radius 1 is 0.345 bits per heavy atom. The minimum absolute atomic E-state index is 0.106. The highest BCUT2D eigenvalue weighted by molar-refractivity contribution is 7.47. The third-order valence-corrected chi connectivity index (χ3v) is 17.2. The lowest BCUT2D eigenvalue weighted by molar-refractivity contribution is -0.161. The standard InChI is InChI=1S/C65H126O17P2/c1-7-10-12-14-16-18-25-29-37-43-49-64(69)81-60(53-75-62(67)47-41-35-28-23-17-15-13-11-8-2)55-79-83(71,72)77-51-59(66)52-78-84(73,74)80-56-61(54-76-63(68)48-42-36-32-31-34-40-46-58(6)9-3)82-65(70)50-44-38-30-26-22-20-19-21-24-27-33-39-45-57(4)5/h57-61,66H,7-56H2,1-6H3,(H,71,72)(H,73,74)/t58?,59-,60+,61+/m0/s1. The van der Waals surface area contributed by atoms with Crippen molar-refractivity contribution in [2.75, 3.05) is 39.6 Å². The van der Waals surface area contributed by atoms with Crippen LogP contribution in [-0.4, -0.2) is 96.7 Å². The lowest BCUT2D eigenvalue weighted by Gasteiger charge is -2.21. The Kier molecular flexibility index (Phi) is 56.2. The average molecular weight is 1240 g/mol. The Labute approximate surface area is 511 Å². The Morgan fingerprint density at radius 2 is 0.607 bits per heavy atom. The molecule has 3 unspecified atom stereocenters. The van der Waals surface area contributed by atoms with Crippen LogP contribution in [0, 0.1) is 11.8 Å². The zero-order chi connectivity index (χ0) is 62.2. The van der Waals surface area contributed by atoms with Crippen molar-refractivity contribution in [3.63, 3.8) is 0 Å². The molecule has 0 aromatic carbocycles. The third-order valence-electron chi connectivity index (χ3n) is 15.3. The second-order valence-electron chi connectivity index (χ2n) is 24.2. The summed E-state index contributed by atoms with van der Waals surface area (Å²) in [6.45, 7) is 9.45. The number of unbranched alkanes of at least 4 members (excludes halogenated alkanes) is 33. The molecule has 0 saturated carbocycles. The van der Waals surface area contributed by atoms with Gasteiger partial charge in [0.2, 0.25) is 0 Å². The summed E-state index contributed by atoms with van der Waals surface area (Å²) in [5, 5.41) is 10.5. The van der Waals surface area contributed by atoms with E-state index in [1.165, 1.54) is 135 Å². The van der Waals surface area contributed by atoms with Crippen molar-refractivity contribution in [3.8, 4) is 0 Å². The van der Waals surface area contributed by atoms with Crippen LogP contribution in [0.3, 0.4) is 0 Å². The number of rotatable bonds is 64. The van der Waals surface area contributed by atoms with Gasteiger partial charge in [-0.15, -0.1) is 0 Å². The zero-order valence-electron chi connectivity index (χ0n) is 54.2. The first-order valence-corrected chi connectivity index (χ1v) is 37.0. The summed E-state index contributed by atoms with van der Waals surface area (Å²) in [6.07, 6.45) is 40.3. The van der Waals surface area contributed by atoms with Gasteiger partial charge in [-0.05, 0) is 37.5 Å². The van der Waals surface area contributed by atoms with Crippen LogP contribution in [-0.2, 0) is 65.4 Å². The van der Waals surface area contributed by atoms with E-state index in [9.17, 15) is 43.2 Å². The SMILES string of the molecule is CCCCCCCCCCCCC(=O)O[C@H](COC(=O)CCCCCCCCCCC)COP(=O)(O)OC[C@H](O)COP(=O)(O)OC[C@@H](COC(=O)CCCCCCCCC(C)CC)OC(=O)CCCCCCCCCCCCCCC(C)C. The van der Waals surface area contributed by atoms with E-state index in [1.807, 2.05) is 0 Å². The molecule has 0 aliphatic heterocycles. The van der Waals surface area contributed by atoms with Crippen molar-refractivity contribution < 1.29 is 80.2 Å². The molecular formula is C65H126O17P2. The highest BCUT2D eigenvalue weighted by Crippen LogP contribution is 2.45. The third kappa shape index (κ3) is 57.8. The van der Waals surface area contributed by atoms with Gasteiger partial charge >= 0.3 is 39.5 Å². The number of ether oxygens (including phenoxy) is 4. The van der Waals surface area contributed by atoms with E-state index in [2.05, 4.69) is 41.5 Å². The number of hydrogen-bond acceptors (Lipinski definition) is 15. The number of hydrogen-bond donors (Lipinski definition) is 3. The molecule has 0 bridgehead atoms. The van der Waals surface area contributed by atoms with E-state index in [-0.39, 0.29) is 25.7 Å². The van der Waals surface area contributed by atoms with E-state index in [0.29, 0.717) is 25.7 Å². The largest absolute Gasteiger partial charge is 0.472 e. The first-order chi connectivity index (χ1) is 40.4. The number of phosphoric acid groups is 2. The van der Waals surface area contributed by atoms with Crippen LogP contribution >= 0.6 is 15.6 Å². The van der Waals surface area contributed by atoms with E-state index < -0.39 is 97.5 Å². The summed E-state index contributed by atoms with van der Waals surface area (Å²) >= 11 is 0. The van der Waals surface area contributed by atoms with Gasteiger partial charge in [-0.3, -0.25) is 37.3 Å². The number of phosphoric ester groups is 2. The molecule has 0 heterocycles. The number of carbonyl (C=O) groups excluding carboxylic acids is 4. The maximum atomic E-state index is 13.0. The van der Waals surface area contributed by atoms with Crippen molar-refractivity contribution in [3.05, 3.63) is 0 Å². The molecule has 84 heavy (non-hydrogen) atoms. The Balaban J connectivity index is 5.23. The van der Waals surface area contributed by atoms with Gasteiger partial charge in [-0.2, -0.15) is 0 Å². The minimum atomic E-state index is -4.95. The topological polar surface area (TPSA) is 237 Å². The Morgan fingerprint density at radius 3 is 0.905 bits per heavy atom. The number of aliphatic hydroxyl groups is 1. The molecule has 0 rings (SSSR count). The van der Waals surface area contributed by atoms with E-state index in [1.54, 1.807) is 0 Å². The fourth-order valence-electron chi connectivity index (χ4n) is 9.68. The molecule has 0 aromatic rings. The molecule has 0 aliphatic carbocycles. The minimum Gasteiger partial charge on any atom is -0.462 e. The Hall–Kier alpha value is -1.94. The van der Waals surface area contributed by atoms with Crippen molar-refractivity contribution in [1.29, 1.82) is 0 Å². The molecule has 0 radical (unpaired) electrons. The number of aliphatic hydroxyl groups excluding tert-OH is 1. The van der Waals surface area contributed by atoms with Crippen LogP contribution < -0.4 is 0 Å². The summed E-state index contributed by atoms with van der Waals surface area (Å²) in [6, 6.07) is 0. The van der Waals surface area contributed by atoms with Crippen LogP contribution in [0.2, 0.25) is 0 Å². The predicted molar refractivity (Wildman–Crippen MR) is 335 cm³/mol. The summed E-state index contributed by atoms with van der Waals surface area (Å²) in [5.41, 5.74) is 0. The van der Waals surface area contributed by atoms with Crippen LogP contribution in [0.15, 0.2) is 0 Å². The van der Waals surface area contributed by atoms with Gasteiger partial charge < -0.3 is 33.8 Å². The van der Waals surface area contributed by atoms with Crippen molar-refractivity contribution in [2.24, 2.45) is 11.8 Å². The smallest absolute Gasteiger partial charge is 0.462 e. The molecule has 0 spiro atoms. The van der Waals surface area contributed by atoms with E-state index in [0.717, 1.165) is 108 Å². The van der Waals surface area contributed by atoms with Gasteiger partial charge in [0.25, 0.3) is 0 Å². The molecular weight excluding hydrogens is 1110 g/mol. The monoisotopic (exact) mass is 1240 g/mol. The van der Waals surface area contributed by atoms with E-state index in [4.69, 9.17) is 37.0 Å². The lowest BCUT2D eigenvalue weighted by Crippen LogP contribution is -2.30. The molecule has 0 aromatic heterocycles. The van der Waals surface area contributed by atoms with Gasteiger partial charge in [0.05, 0.1) is 26.4 Å². The Bertz CT molecular complexity index is 1650. The van der Waals surface area contributed by atoms with Gasteiger partial charge in [0.15, 0.2) is 12.2 Å². The highest BCUT2D eigenvalue weighted by Gasteiger charge is 2.30. The number of carbonyl (C=O) groups is 4. The maximum absolute atomic E-state index is 13.0. The molecule has 19 heteroatoms. The summed E-state index contributed by atoms with van der Waals surface area (Å²) in [5.74, 6) is -0.626. The van der Waals surface area contributed by atoms with Crippen LogP contribution in [0.25, 0.3) is 0 Å². The molecule has 0 fully saturated rings. The van der Waals surface area contributed by atoms with Crippen molar-refractivity contribution in [2.45, 2.75) is 342 Å². The maximum Gasteiger partial charge on any atom is 0.472 e. The fraction of sp³-hybridized carbons (Fsp3) is 0.938. The van der Waals surface area contributed by atoms with E-state index >= 15 is 0 Å². The molecule has 6 atom stereocenters. The lowest BCUT2D eigenvalue weighted by atomic mass is 10.00. The van der Waals surface area contributed by atoms with Gasteiger partial charge in [0, 0.05) is 25.7 Å². The zero-order valence-corrected chi connectivity index (χ0v) is 56.0. The van der Waals surface area contributed by atoms with Crippen molar-refractivity contribution in [1.82, 2.24) is 0 Å². The van der Waals surface area contributed by atoms with Crippen LogP contribution in [0.1, 0.15) is 324 Å². The van der Waals surface area contributed by atoms with Gasteiger partial charge in [0.1, 0.15) is 19.3 Å². The molecule has 0 aliphatic rings. The average Bonchev–Trinajstić information content (AvgIpc) is 3.50. The summed E-state index contributed by atoms with van der Waals surface area (Å²) < 4.78 is 68.0. The first kappa shape index (κ1) is 82.1.